The number of nitrogens with zero attached hydrogens (tertiary/aromatic N) is 3. The van der Waals surface area contributed by atoms with Crippen molar-refractivity contribution in [3.05, 3.63) is 322 Å². The highest BCUT2D eigenvalue weighted by Gasteiger charge is 2.24. The van der Waals surface area contributed by atoms with Crippen molar-refractivity contribution in [1.82, 2.24) is 9.13 Å². The van der Waals surface area contributed by atoms with Crippen LogP contribution in [-0.4, -0.2) is 9.13 Å². The van der Waals surface area contributed by atoms with Crippen LogP contribution in [0.1, 0.15) is 0 Å². The van der Waals surface area contributed by atoms with Crippen molar-refractivity contribution in [3.8, 4) is 55.9 Å². The normalized spacial score (nSPS) is 11.8. The number of fused-ring (bicyclic) bond motifs is 10. The maximum absolute atomic E-state index is 2.46. The smallest absolute Gasteiger partial charge is 0.0618 e. The monoisotopic (exact) mass is 1080 g/mol. The van der Waals surface area contributed by atoms with Crippen molar-refractivity contribution in [2.75, 3.05) is 4.90 Å². The fourth-order valence-electron chi connectivity index (χ4n) is 13.7. The Hall–Kier alpha value is -11.3. The topological polar surface area (TPSA) is 13.1 Å². The van der Waals surface area contributed by atoms with Crippen LogP contribution in [0.15, 0.2) is 322 Å². The van der Waals surface area contributed by atoms with Gasteiger partial charge in [-0.25, -0.2) is 0 Å². The molecule has 0 bridgehead atoms. The molecule has 2 aromatic heterocycles. The van der Waals surface area contributed by atoms with Gasteiger partial charge in [0.1, 0.15) is 0 Å². The molecule has 0 amide bonds. The minimum Gasteiger partial charge on any atom is -0.309 e. The van der Waals surface area contributed by atoms with Gasteiger partial charge in [-0.15, -0.1) is 0 Å². The molecule has 17 aromatic rings. The second kappa shape index (κ2) is 19.7. The van der Waals surface area contributed by atoms with Crippen molar-refractivity contribution in [2.24, 2.45) is 0 Å². The van der Waals surface area contributed by atoms with Crippen LogP contribution in [0.3, 0.4) is 0 Å². The molecule has 0 atom stereocenters. The molecular weight excluding hydrogens is 1030 g/mol. The molecule has 0 radical (unpaired) electrons. The number of hydrogen-bond donors (Lipinski definition) is 0. The van der Waals surface area contributed by atoms with E-state index in [1.807, 2.05) is 0 Å². The fraction of sp³-hybridized carbons (Fsp3) is 0. The summed E-state index contributed by atoms with van der Waals surface area (Å²) in [5, 5.41) is 14.5. The Bertz CT molecular complexity index is 5210. The average molecular weight is 1080 g/mol. The molecule has 3 nitrogen and oxygen atoms in total. The second-order valence-electron chi connectivity index (χ2n) is 22.4. The maximum atomic E-state index is 2.46. The van der Waals surface area contributed by atoms with Gasteiger partial charge in [-0.1, -0.05) is 218 Å². The summed E-state index contributed by atoms with van der Waals surface area (Å²) in [5.41, 5.74) is 19.7. The molecule has 396 valence electrons. The molecule has 3 heteroatoms. The van der Waals surface area contributed by atoms with Crippen molar-refractivity contribution in [3.63, 3.8) is 0 Å². The van der Waals surface area contributed by atoms with E-state index in [4.69, 9.17) is 0 Å². The van der Waals surface area contributed by atoms with Gasteiger partial charge >= 0.3 is 0 Å². The van der Waals surface area contributed by atoms with E-state index in [0.29, 0.717) is 0 Å². The van der Waals surface area contributed by atoms with E-state index >= 15 is 0 Å². The maximum Gasteiger partial charge on any atom is 0.0618 e. The molecule has 85 heavy (non-hydrogen) atoms. The SMILES string of the molecule is c1ccc(-c2ccc(N(c3ccccc3)c3c4ccccc4c(-c4cc(-c5ccc6c(c5)c5ccccc5n6-c5ccc6ccccc6c5)cc(-c5ccc6c(c5)c5ccccc5n6-c5ccc6ccccc6c5)c4)c4ccccc34)cc2)cc1. The Morgan fingerprint density at radius 2 is 0.576 bits per heavy atom. The van der Waals surface area contributed by atoms with E-state index in [1.54, 1.807) is 0 Å². The molecular formula is C82H53N3. The van der Waals surface area contributed by atoms with E-state index in [-0.39, 0.29) is 0 Å². The summed E-state index contributed by atoms with van der Waals surface area (Å²) in [6.07, 6.45) is 0. The van der Waals surface area contributed by atoms with Crippen LogP contribution in [-0.2, 0) is 0 Å². The first-order valence-corrected chi connectivity index (χ1v) is 29.3. The van der Waals surface area contributed by atoms with Gasteiger partial charge in [0.15, 0.2) is 0 Å². The number of para-hydroxylation sites is 3. The van der Waals surface area contributed by atoms with Gasteiger partial charge in [0.25, 0.3) is 0 Å². The van der Waals surface area contributed by atoms with Crippen molar-refractivity contribution >= 4 is 104 Å². The van der Waals surface area contributed by atoms with Crippen LogP contribution in [0, 0.1) is 0 Å². The molecule has 0 aliphatic heterocycles. The highest BCUT2D eigenvalue weighted by molar-refractivity contribution is 6.23. The molecule has 15 aromatic carbocycles. The molecule has 0 spiro atoms. The summed E-state index contributed by atoms with van der Waals surface area (Å²) >= 11 is 0. The number of anilines is 3. The minimum absolute atomic E-state index is 1.09. The first-order valence-electron chi connectivity index (χ1n) is 29.3. The summed E-state index contributed by atoms with van der Waals surface area (Å²) in [6, 6.07) is 119. The molecule has 0 saturated carbocycles. The number of benzene rings is 15. The summed E-state index contributed by atoms with van der Waals surface area (Å²) in [7, 11) is 0. The third-order valence-electron chi connectivity index (χ3n) is 17.6. The molecule has 17 rings (SSSR count). The zero-order valence-corrected chi connectivity index (χ0v) is 46.4. The first kappa shape index (κ1) is 48.4. The summed E-state index contributed by atoms with van der Waals surface area (Å²) in [6.45, 7) is 0. The Balaban J connectivity index is 0.901. The predicted molar refractivity (Wildman–Crippen MR) is 362 cm³/mol. The zero-order chi connectivity index (χ0) is 56.0. The Morgan fingerprint density at radius 1 is 0.200 bits per heavy atom. The van der Waals surface area contributed by atoms with Crippen LogP contribution in [0.2, 0.25) is 0 Å². The lowest BCUT2D eigenvalue weighted by Crippen LogP contribution is -2.11. The molecule has 0 unspecified atom stereocenters. The standard InChI is InChI=1S/C82H53N3/c1-3-19-54(20-4-1)57-35-41-66(42-36-57)83(65-25-5-2-6-26-65)82-73-31-13-11-29-71(73)81(72-30-12-14-32-74(72)82)64-48-62(60-39-45-79-75(52-60)69-27-15-17-33-77(69)84(79)67-43-37-55-21-7-9-23-58(55)50-67)47-63(49-64)61-40-46-80-76(53-61)70-28-16-18-34-78(70)85(80)68-44-38-56-22-8-10-24-59(56)51-68/h1-53H. The number of hydrogen-bond acceptors (Lipinski definition) is 1. The van der Waals surface area contributed by atoms with Crippen LogP contribution in [0.4, 0.5) is 17.1 Å². The quantitative estimate of drug-likeness (QED) is 0.131. The fourth-order valence-corrected chi connectivity index (χ4v) is 13.7. The van der Waals surface area contributed by atoms with Gasteiger partial charge in [0.05, 0.1) is 27.8 Å². The Labute approximate surface area is 492 Å². The van der Waals surface area contributed by atoms with Crippen LogP contribution in [0.5, 0.6) is 0 Å². The summed E-state index contributed by atoms with van der Waals surface area (Å²) in [4.78, 5) is 2.46. The summed E-state index contributed by atoms with van der Waals surface area (Å²) < 4.78 is 4.87. The lowest BCUT2D eigenvalue weighted by Gasteiger charge is -2.29. The zero-order valence-electron chi connectivity index (χ0n) is 46.4. The Morgan fingerprint density at radius 3 is 1.09 bits per heavy atom. The molecule has 0 fully saturated rings. The first-order chi connectivity index (χ1) is 42.1. The van der Waals surface area contributed by atoms with E-state index in [1.165, 1.54) is 103 Å². The molecule has 2 heterocycles. The van der Waals surface area contributed by atoms with Crippen molar-refractivity contribution < 1.29 is 0 Å². The highest BCUT2D eigenvalue weighted by Crippen LogP contribution is 2.50. The van der Waals surface area contributed by atoms with Gasteiger partial charge in [-0.3, -0.25) is 0 Å². The van der Waals surface area contributed by atoms with E-state index in [0.717, 1.165) is 56.3 Å². The lowest BCUT2D eigenvalue weighted by atomic mass is 9.86. The summed E-state index contributed by atoms with van der Waals surface area (Å²) in [5.74, 6) is 0. The minimum atomic E-state index is 1.09. The second-order valence-corrected chi connectivity index (χ2v) is 22.4. The van der Waals surface area contributed by atoms with E-state index < -0.39 is 0 Å². The van der Waals surface area contributed by atoms with Gasteiger partial charge in [0, 0.05) is 55.1 Å². The van der Waals surface area contributed by atoms with Crippen molar-refractivity contribution in [1.29, 1.82) is 0 Å². The van der Waals surface area contributed by atoms with Gasteiger partial charge in [-0.05, 0) is 180 Å². The lowest BCUT2D eigenvalue weighted by molar-refractivity contribution is 1.19. The van der Waals surface area contributed by atoms with Gasteiger partial charge in [0.2, 0.25) is 0 Å². The van der Waals surface area contributed by atoms with E-state index in [9.17, 15) is 0 Å². The Kier molecular flexibility index (Phi) is 11.2. The van der Waals surface area contributed by atoms with Crippen LogP contribution >= 0.6 is 0 Å². The average Bonchev–Trinajstić information content (AvgIpc) is 1.97. The molecule has 0 N–H and O–H groups in total. The van der Waals surface area contributed by atoms with Gasteiger partial charge in [-0.2, -0.15) is 0 Å². The highest BCUT2D eigenvalue weighted by atomic mass is 15.1. The third-order valence-corrected chi connectivity index (χ3v) is 17.6. The number of rotatable bonds is 9. The number of aromatic nitrogens is 2. The predicted octanol–water partition coefficient (Wildman–Crippen LogP) is 22.6. The van der Waals surface area contributed by atoms with E-state index in [2.05, 4.69) is 336 Å². The largest absolute Gasteiger partial charge is 0.309 e. The molecule has 0 aliphatic rings. The van der Waals surface area contributed by atoms with Gasteiger partial charge < -0.3 is 14.0 Å². The molecule has 0 aliphatic carbocycles. The molecule has 0 saturated heterocycles. The van der Waals surface area contributed by atoms with Crippen LogP contribution in [0.25, 0.3) is 143 Å². The third kappa shape index (κ3) is 8.04. The van der Waals surface area contributed by atoms with Crippen LogP contribution < -0.4 is 4.90 Å². The van der Waals surface area contributed by atoms with Crippen molar-refractivity contribution in [2.45, 2.75) is 0 Å².